The van der Waals surface area contributed by atoms with Crippen molar-refractivity contribution in [3.8, 4) is 0 Å². The Kier molecular flexibility index (Phi) is 5.36. The summed E-state index contributed by atoms with van der Waals surface area (Å²) in [6.45, 7) is 3.48. The first-order chi connectivity index (χ1) is 10.3. The minimum Gasteiger partial charge on any atom is -0.454 e. The van der Waals surface area contributed by atoms with Crippen LogP contribution in [0.15, 0.2) is 21.7 Å². The SMILES string of the molecule is CC(=O)[C@H](C)OC(=O)C1CCN(S(=O)(=O)c2cccs2)CC1. The Balaban J connectivity index is 1.93. The van der Waals surface area contributed by atoms with E-state index in [0.29, 0.717) is 17.1 Å². The maximum absolute atomic E-state index is 12.4. The van der Waals surface area contributed by atoms with E-state index in [9.17, 15) is 18.0 Å². The van der Waals surface area contributed by atoms with Crippen LogP contribution in [0.25, 0.3) is 0 Å². The highest BCUT2D eigenvalue weighted by molar-refractivity contribution is 7.91. The van der Waals surface area contributed by atoms with Crippen LogP contribution in [0.2, 0.25) is 0 Å². The predicted molar refractivity (Wildman–Crippen MR) is 82.0 cm³/mol. The summed E-state index contributed by atoms with van der Waals surface area (Å²) in [6.07, 6.45) is 0.0719. The monoisotopic (exact) mass is 345 g/mol. The number of ketones is 1. The zero-order chi connectivity index (χ0) is 16.3. The Morgan fingerprint density at radius 1 is 1.36 bits per heavy atom. The number of nitrogens with zero attached hydrogens (tertiary/aromatic N) is 1. The van der Waals surface area contributed by atoms with Gasteiger partial charge < -0.3 is 4.74 Å². The standard InChI is InChI=1S/C14H19NO5S2/c1-10(16)11(2)20-14(17)12-5-7-15(8-6-12)22(18,19)13-4-3-9-21-13/h3-4,9,11-12H,5-8H2,1-2H3/t11-/m0/s1. The number of piperidine rings is 1. The van der Waals surface area contributed by atoms with E-state index in [1.54, 1.807) is 17.5 Å². The summed E-state index contributed by atoms with van der Waals surface area (Å²) in [5.74, 6) is -0.974. The first-order valence-corrected chi connectivity index (χ1v) is 9.39. The Morgan fingerprint density at radius 3 is 2.50 bits per heavy atom. The zero-order valence-corrected chi connectivity index (χ0v) is 14.2. The minimum absolute atomic E-state index is 0.203. The van der Waals surface area contributed by atoms with Crippen molar-refractivity contribution < 1.29 is 22.7 Å². The maximum Gasteiger partial charge on any atom is 0.309 e. The van der Waals surface area contributed by atoms with Crippen molar-refractivity contribution in [2.24, 2.45) is 5.92 Å². The third-order valence-corrected chi connectivity index (χ3v) is 7.01. The van der Waals surface area contributed by atoms with Gasteiger partial charge in [0.15, 0.2) is 11.9 Å². The van der Waals surface area contributed by atoms with E-state index < -0.39 is 22.1 Å². The van der Waals surface area contributed by atoms with Crippen LogP contribution < -0.4 is 0 Å². The molecule has 0 saturated carbocycles. The molecule has 1 aliphatic heterocycles. The molecule has 1 aromatic rings. The van der Waals surface area contributed by atoms with Crippen LogP contribution in [0, 0.1) is 5.92 Å². The number of ether oxygens (including phenoxy) is 1. The van der Waals surface area contributed by atoms with Crippen LogP contribution in [-0.4, -0.2) is 43.7 Å². The summed E-state index contributed by atoms with van der Waals surface area (Å²) >= 11 is 1.18. The number of hydrogen-bond donors (Lipinski definition) is 0. The van der Waals surface area contributed by atoms with Crippen molar-refractivity contribution in [3.63, 3.8) is 0 Å². The van der Waals surface area contributed by atoms with Gasteiger partial charge in [-0.25, -0.2) is 8.42 Å². The quantitative estimate of drug-likeness (QED) is 0.758. The molecule has 1 atom stereocenters. The number of esters is 1. The average molecular weight is 345 g/mol. The van der Waals surface area contributed by atoms with E-state index in [1.807, 2.05) is 0 Å². The van der Waals surface area contributed by atoms with Crippen LogP contribution in [0.4, 0.5) is 0 Å². The molecular formula is C14H19NO5S2. The lowest BCUT2D eigenvalue weighted by molar-refractivity contribution is -0.158. The highest BCUT2D eigenvalue weighted by atomic mass is 32.2. The molecule has 1 aromatic heterocycles. The first-order valence-electron chi connectivity index (χ1n) is 7.07. The lowest BCUT2D eigenvalue weighted by Gasteiger charge is -2.30. The maximum atomic E-state index is 12.4. The molecular weight excluding hydrogens is 326 g/mol. The van der Waals surface area contributed by atoms with Crippen molar-refractivity contribution in [1.29, 1.82) is 0 Å². The third kappa shape index (κ3) is 3.74. The second-order valence-electron chi connectivity index (χ2n) is 5.30. The smallest absolute Gasteiger partial charge is 0.309 e. The fourth-order valence-corrected chi connectivity index (χ4v) is 4.84. The fraction of sp³-hybridized carbons (Fsp3) is 0.571. The lowest BCUT2D eigenvalue weighted by atomic mass is 9.98. The number of carbonyl (C=O) groups excluding carboxylic acids is 2. The number of sulfonamides is 1. The van der Waals surface area contributed by atoms with Crippen LogP contribution in [0.5, 0.6) is 0 Å². The van der Waals surface area contributed by atoms with E-state index in [0.717, 1.165) is 0 Å². The summed E-state index contributed by atoms with van der Waals surface area (Å²) in [5, 5.41) is 1.72. The van der Waals surface area contributed by atoms with E-state index >= 15 is 0 Å². The van der Waals surface area contributed by atoms with Crippen molar-refractivity contribution in [1.82, 2.24) is 4.31 Å². The van der Waals surface area contributed by atoms with Gasteiger partial charge >= 0.3 is 5.97 Å². The Bertz CT molecular complexity index is 630. The molecule has 0 spiro atoms. The van der Waals surface area contributed by atoms with Gasteiger partial charge in [-0.1, -0.05) is 6.07 Å². The number of thiophene rings is 1. The summed E-state index contributed by atoms with van der Waals surface area (Å²) in [4.78, 5) is 23.1. The van der Waals surface area contributed by atoms with Crippen molar-refractivity contribution in [3.05, 3.63) is 17.5 Å². The molecule has 0 aromatic carbocycles. The average Bonchev–Trinajstić information content (AvgIpc) is 3.02. The molecule has 1 saturated heterocycles. The molecule has 2 rings (SSSR count). The molecule has 1 aliphatic rings. The molecule has 2 heterocycles. The normalized spacial score (nSPS) is 18.8. The third-order valence-electron chi connectivity index (χ3n) is 3.74. The van der Waals surface area contributed by atoms with Crippen molar-refractivity contribution >= 4 is 33.1 Å². The molecule has 0 aliphatic carbocycles. The van der Waals surface area contributed by atoms with Crippen LogP contribution in [0.1, 0.15) is 26.7 Å². The van der Waals surface area contributed by atoms with E-state index in [2.05, 4.69) is 0 Å². The van der Waals surface area contributed by atoms with Crippen LogP contribution in [0.3, 0.4) is 0 Å². The van der Waals surface area contributed by atoms with Gasteiger partial charge in [-0.05, 0) is 38.1 Å². The van der Waals surface area contributed by atoms with Crippen LogP contribution in [-0.2, 0) is 24.3 Å². The molecule has 22 heavy (non-hydrogen) atoms. The van der Waals surface area contributed by atoms with Gasteiger partial charge in [-0.15, -0.1) is 11.3 Å². The highest BCUT2D eigenvalue weighted by Gasteiger charge is 2.33. The zero-order valence-electron chi connectivity index (χ0n) is 12.5. The highest BCUT2D eigenvalue weighted by Crippen LogP contribution is 2.27. The minimum atomic E-state index is -3.46. The van der Waals surface area contributed by atoms with Gasteiger partial charge in [-0.3, -0.25) is 9.59 Å². The predicted octanol–water partition coefficient (Wildman–Crippen LogP) is 1.67. The molecule has 0 unspecified atom stereocenters. The molecule has 8 heteroatoms. The topological polar surface area (TPSA) is 80.8 Å². The number of hydrogen-bond acceptors (Lipinski definition) is 6. The Morgan fingerprint density at radius 2 is 2.00 bits per heavy atom. The van der Waals surface area contributed by atoms with Crippen molar-refractivity contribution in [2.75, 3.05) is 13.1 Å². The molecule has 0 amide bonds. The number of Topliss-reactive ketones (excluding diaryl/α,β-unsaturated/α-hetero) is 1. The van der Waals surface area contributed by atoms with Crippen LogP contribution >= 0.6 is 11.3 Å². The largest absolute Gasteiger partial charge is 0.454 e. The molecule has 1 fully saturated rings. The fourth-order valence-electron chi connectivity index (χ4n) is 2.22. The molecule has 0 N–H and O–H groups in total. The molecule has 122 valence electrons. The number of carbonyl (C=O) groups is 2. The van der Waals surface area contributed by atoms with Gasteiger partial charge in [-0.2, -0.15) is 4.31 Å². The Hall–Kier alpha value is -1.25. The summed E-state index contributed by atoms with van der Waals surface area (Å²) in [5.41, 5.74) is 0. The van der Waals surface area contributed by atoms with E-state index in [1.165, 1.54) is 29.5 Å². The van der Waals surface area contributed by atoms with E-state index in [4.69, 9.17) is 4.74 Å². The summed E-state index contributed by atoms with van der Waals surface area (Å²) < 4.78 is 31.5. The lowest BCUT2D eigenvalue weighted by Crippen LogP contribution is -2.41. The second-order valence-corrected chi connectivity index (χ2v) is 8.41. The van der Waals surface area contributed by atoms with Gasteiger partial charge in [0, 0.05) is 13.1 Å². The van der Waals surface area contributed by atoms with Gasteiger partial charge in [0.1, 0.15) is 4.21 Å². The van der Waals surface area contributed by atoms with Gasteiger partial charge in [0.05, 0.1) is 5.92 Å². The Labute approximate surface area is 134 Å². The first kappa shape index (κ1) is 17.1. The molecule has 0 radical (unpaired) electrons. The van der Waals surface area contributed by atoms with E-state index in [-0.39, 0.29) is 24.8 Å². The second kappa shape index (κ2) is 6.89. The summed E-state index contributed by atoms with van der Waals surface area (Å²) in [7, 11) is -3.46. The molecule has 6 nitrogen and oxygen atoms in total. The molecule has 0 bridgehead atoms. The van der Waals surface area contributed by atoms with Gasteiger partial charge in [0.25, 0.3) is 10.0 Å². The van der Waals surface area contributed by atoms with Crippen molar-refractivity contribution in [2.45, 2.75) is 37.0 Å². The van der Waals surface area contributed by atoms with Gasteiger partial charge in [0.2, 0.25) is 0 Å². The summed E-state index contributed by atoms with van der Waals surface area (Å²) in [6, 6.07) is 3.28. The number of rotatable bonds is 5.